The molecule has 1 aliphatic heterocycles. The minimum Gasteiger partial charge on any atom is -0.488 e. The van der Waals surface area contributed by atoms with Gasteiger partial charge in [0.25, 0.3) is 0 Å². The molecule has 0 saturated carbocycles. The van der Waals surface area contributed by atoms with Gasteiger partial charge in [0.05, 0.1) is 6.54 Å². The molecule has 1 aliphatic rings. The van der Waals surface area contributed by atoms with Crippen molar-refractivity contribution in [3.8, 4) is 5.75 Å². The number of nitrogens with one attached hydrogen (secondary N) is 1. The Hall–Kier alpha value is -1.45. The van der Waals surface area contributed by atoms with Gasteiger partial charge in [0.1, 0.15) is 23.4 Å². The van der Waals surface area contributed by atoms with Crippen molar-refractivity contribution in [3.05, 3.63) is 52.4 Å². The van der Waals surface area contributed by atoms with Crippen LogP contribution in [-0.2, 0) is 13.0 Å². The van der Waals surface area contributed by atoms with Gasteiger partial charge < -0.3 is 14.5 Å². The fourth-order valence-electron chi connectivity index (χ4n) is 2.34. The molecule has 0 aliphatic carbocycles. The van der Waals surface area contributed by atoms with Gasteiger partial charge in [0.2, 0.25) is 0 Å². The molecule has 0 bridgehead atoms. The van der Waals surface area contributed by atoms with E-state index in [1.54, 1.807) is 0 Å². The van der Waals surface area contributed by atoms with E-state index in [2.05, 4.69) is 5.32 Å². The number of benzene rings is 1. The summed E-state index contributed by atoms with van der Waals surface area (Å²) in [6, 6.07) is 9.75. The average Bonchev–Trinajstić information content (AvgIpc) is 2.95. The summed E-state index contributed by atoms with van der Waals surface area (Å²) in [7, 11) is 0. The van der Waals surface area contributed by atoms with Gasteiger partial charge >= 0.3 is 0 Å². The van der Waals surface area contributed by atoms with Gasteiger partial charge in [0, 0.05) is 18.0 Å². The Labute approximate surface area is 117 Å². The number of hydrogen-bond donors (Lipinski definition) is 1. The minimum atomic E-state index is 0.171. The van der Waals surface area contributed by atoms with Crippen molar-refractivity contribution in [2.75, 3.05) is 6.54 Å². The largest absolute Gasteiger partial charge is 0.488 e. The number of ether oxygens (including phenoxy) is 1. The van der Waals surface area contributed by atoms with Gasteiger partial charge in [-0.15, -0.1) is 0 Å². The Kier molecular flexibility index (Phi) is 3.49. The van der Waals surface area contributed by atoms with Crippen molar-refractivity contribution >= 4 is 11.6 Å². The van der Waals surface area contributed by atoms with Gasteiger partial charge in [-0.3, -0.25) is 0 Å². The second-order valence-corrected chi connectivity index (χ2v) is 5.28. The Bertz CT molecular complexity index is 579. The van der Waals surface area contributed by atoms with E-state index in [0.717, 1.165) is 41.8 Å². The maximum atomic E-state index is 5.97. The Morgan fingerprint density at radius 3 is 3.00 bits per heavy atom. The molecule has 100 valence electrons. The quantitative estimate of drug-likeness (QED) is 0.931. The zero-order valence-electron chi connectivity index (χ0n) is 10.8. The molecule has 0 saturated heterocycles. The molecule has 4 heteroatoms. The molecule has 0 amide bonds. The molecular formula is C15H16ClNO2. The standard InChI is InChI=1S/C15H16ClNO2/c1-10-2-4-13(18-10)8-17-9-14-7-11-6-12(16)3-5-15(11)19-14/h2-6,14,17H,7-9H2,1H3. The number of hydrogen-bond acceptors (Lipinski definition) is 3. The lowest BCUT2D eigenvalue weighted by molar-refractivity contribution is 0.225. The van der Waals surface area contributed by atoms with E-state index in [9.17, 15) is 0 Å². The van der Waals surface area contributed by atoms with Crippen LogP contribution in [-0.4, -0.2) is 12.6 Å². The van der Waals surface area contributed by atoms with E-state index >= 15 is 0 Å². The molecular weight excluding hydrogens is 262 g/mol. The average molecular weight is 278 g/mol. The van der Waals surface area contributed by atoms with Crippen molar-refractivity contribution in [2.24, 2.45) is 0 Å². The van der Waals surface area contributed by atoms with E-state index in [4.69, 9.17) is 20.8 Å². The first kappa shape index (κ1) is 12.6. The summed E-state index contributed by atoms with van der Waals surface area (Å²) in [5, 5.41) is 4.12. The van der Waals surface area contributed by atoms with Gasteiger partial charge in [0.15, 0.2) is 0 Å². The normalized spacial score (nSPS) is 17.3. The van der Waals surface area contributed by atoms with Crippen LogP contribution in [0.5, 0.6) is 5.75 Å². The van der Waals surface area contributed by atoms with E-state index in [1.807, 2.05) is 37.3 Å². The van der Waals surface area contributed by atoms with Gasteiger partial charge in [-0.25, -0.2) is 0 Å². The summed E-state index contributed by atoms with van der Waals surface area (Å²) in [5.41, 5.74) is 1.19. The van der Waals surface area contributed by atoms with Crippen molar-refractivity contribution in [1.82, 2.24) is 5.32 Å². The third-order valence-corrected chi connectivity index (χ3v) is 3.47. The van der Waals surface area contributed by atoms with Crippen LogP contribution in [0, 0.1) is 6.92 Å². The van der Waals surface area contributed by atoms with Crippen molar-refractivity contribution in [3.63, 3.8) is 0 Å². The second-order valence-electron chi connectivity index (χ2n) is 4.84. The van der Waals surface area contributed by atoms with Crippen molar-refractivity contribution in [1.29, 1.82) is 0 Å². The third-order valence-electron chi connectivity index (χ3n) is 3.23. The van der Waals surface area contributed by atoms with Crippen LogP contribution in [0.4, 0.5) is 0 Å². The molecule has 1 unspecified atom stereocenters. The Morgan fingerprint density at radius 1 is 1.32 bits per heavy atom. The maximum absolute atomic E-state index is 5.97. The fourth-order valence-corrected chi connectivity index (χ4v) is 2.53. The molecule has 3 nitrogen and oxygen atoms in total. The van der Waals surface area contributed by atoms with Crippen molar-refractivity contribution in [2.45, 2.75) is 26.0 Å². The van der Waals surface area contributed by atoms with E-state index in [0.29, 0.717) is 0 Å². The lowest BCUT2D eigenvalue weighted by Crippen LogP contribution is -2.29. The summed E-state index contributed by atoms with van der Waals surface area (Å²) in [6.45, 7) is 3.47. The molecule has 1 aromatic carbocycles. The molecule has 3 rings (SSSR count). The molecule has 0 spiro atoms. The molecule has 2 aromatic rings. The summed E-state index contributed by atoms with van der Waals surface area (Å²) in [5.74, 6) is 2.84. The predicted octanol–water partition coefficient (Wildman–Crippen LogP) is 3.33. The molecule has 1 aromatic heterocycles. The van der Waals surface area contributed by atoms with Crippen molar-refractivity contribution < 1.29 is 9.15 Å². The molecule has 19 heavy (non-hydrogen) atoms. The van der Waals surface area contributed by atoms with E-state index < -0.39 is 0 Å². The molecule has 1 atom stereocenters. The molecule has 0 fully saturated rings. The number of rotatable bonds is 4. The van der Waals surface area contributed by atoms with Gasteiger partial charge in [-0.05, 0) is 42.8 Å². The highest BCUT2D eigenvalue weighted by Gasteiger charge is 2.22. The smallest absolute Gasteiger partial charge is 0.123 e. The van der Waals surface area contributed by atoms with Crippen LogP contribution in [0.2, 0.25) is 5.02 Å². The van der Waals surface area contributed by atoms with Crippen LogP contribution in [0.1, 0.15) is 17.1 Å². The zero-order chi connectivity index (χ0) is 13.2. The molecule has 0 radical (unpaired) electrons. The van der Waals surface area contributed by atoms with Crippen LogP contribution >= 0.6 is 11.6 Å². The second kappa shape index (κ2) is 5.27. The number of aryl methyl sites for hydroxylation is 1. The number of furan rings is 1. The zero-order valence-corrected chi connectivity index (χ0v) is 11.5. The molecule has 1 N–H and O–H groups in total. The minimum absolute atomic E-state index is 0.171. The first-order valence-corrected chi connectivity index (χ1v) is 6.79. The van der Waals surface area contributed by atoms with E-state index in [1.165, 1.54) is 5.56 Å². The van der Waals surface area contributed by atoms with Crippen LogP contribution in [0.25, 0.3) is 0 Å². The summed E-state index contributed by atoms with van der Waals surface area (Å²) in [4.78, 5) is 0. The highest BCUT2D eigenvalue weighted by atomic mass is 35.5. The summed E-state index contributed by atoms with van der Waals surface area (Å²) >= 11 is 5.97. The van der Waals surface area contributed by atoms with Gasteiger partial charge in [-0.2, -0.15) is 0 Å². The first-order chi connectivity index (χ1) is 9.20. The summed E-state index contributed by atoms with van der Waals surface area (Å²) in [6.07, 6.45) is 1.07. The van der Waals surface area contributed by atoms with Gasteiger partial charge in [-0.1, -0.05) is 11.6 Å². The highest BCUT2D eigenvalue weighted by molar-refractivity contribution is 6.30. The fraction of sp³-hybridized carbons (Fsp3) is 0.333. The van der Waals surface area contributed by atoms with E-state index in [-0.39, 0.29) is 6.10 Å². The lowest BCUT2D eigenvalue weighted by Gasteiger charge is -2.10. The monoisotopic (exact) mass is 277 g/mol. The van der Waals surface area contributed by atoms with Crippen LogP contribution in [0.15, 0.2) is 34.7 Å². The third kappa shape index (κ3) is 2.94. The number of fused-ring (bicyclic) bond motifs is 1. The maximum Gasteiger partial charge on any atom is 0.123 e. The lowest BCUT2D eigenvalue weighted by atomic mass is 10.1. The SMILES string of the molecule is Cc1ccc(CNCC2Cc3cc(Cl)ccc3O2)o1. The number of halogens is 1. The highest BCUT2D eigenvalue weighted by Crippen LogP contribution is 2.30. The summed E-state index contributed by atoms with van der Waals surface area (Å²) < 4.78 is 11.4. The predicted molar refractivity (Wildman–Crippen MR) is 74.7 cm³/mol. The Morgan fingerprint density at radius 2 is 2.21 bits per heavy atom. The topological polar surface area (TPSA) is 34.4 Å². The Balaban J connectivity index is 1.51. The van der Waals surface area contributed by atoms with Crippen LogP contribution < -0.4 is 10.1 Å². The first-order valence-electron chi connectivity index (χ1n) is 6.42. The van der Waals surface area contributed by atoms with Crippen LogP contribution in [0.3, 0.4) is 0 Å². The molecule has 2 heterocycles.